The first-order valence-electron chi connectivity index (χ1n) is 10.5. The summed E-state index contributed by atoms with van der Waals surface area (Å²) in [6.07, 6.45) is 1.10. The standard InChI is InChI=1S/C24H31N3O2/c1-3-26(4-2)23(19-11-6-5-7-12-19)24(29)25-16-10-15-22(28)27-17-20-13-8-9-14-21(20)18-27/h5-9,11-14,23H,3-4,10,15-18H2,1-2H3,(H,25,29). The molecule has 1 heterocycles. The van der Waals surface area contributed by atoms with Gasteiger partial charge in [-0.25, -0.2) is 0 Å². The number of carbonyl (C=O) groups is 2. The zero-order valence-corrected chi connectivity index (χ0v) is 17.4. The first kappa shape index (κ1) is 21.1. The van der Waals surface area contributed by atoms with Crippen molar-refractivity contribution in [3.63, 3.8) is 0 Å². The fourth-order valence-electron chi connectivity index (χ4n) is 3.97. The minimum Gasteiger partial charge on any atom is -0.354 e. The summed E-state index contributed by atoms with van der Waals surface area (Å²) in [6, 6.07) is 17.8. The molecule has 0 fully saturated rings. The molecule has 0 saturated heterocycles. The third-order valence-corrected chi connectivity index (χ3v) is 5.60. The van der Waals surface area contributed by atoms with Gasteiger partial charge in [0.1, 0.15) is 6.04 Å². The lowest BCUT2D eigenvalue weighted by Gasteiger charge is -2.29. The van der Waals surface area contributed by atoms with Crippen molar-refractivity contribution in [3.05, 3.63) is 71.3 Å². The van der Waals surface area contributed by atoms with Crippen molar-refractivity contribution in [2.75, 3.05) is 19.6 Å². The summed E-state index contributed by atoms with van der Waals surface area (Å²) in [6.45, 7) is 7.64. The van der Waals surface area contributed by atoms with E-state index in [4.69, 9.17) is 0 Å². The van der Waals surface area contributed by atoms with Gasteiger partial charge in [0.15, 0.2) is 0 Å². The topological polar surface area (TPSA) is 52.7 Å². The van der Waals surface area contributed by atoms with Crippen LogP contribution in [0.4, 0.5) is 0 Å². The average Bonchev–Trinajstić information content (AvgIpc) is 3.19. The van der Waals surface area contributed by atoms with Crippen molar-refractivity contribution in [1.82, 2.24) is 15.1 Å². The number of amides is 2. The van der Waals surface area contributed by atoms with E-state index in [1.807, 2.05) is 47.4 Å². The normalized spacial score (nSPS) is 14.0. The number of likely N-dealkylation sites (N-methyl/N-ethyl adjacent to an activating group) is 1. The molecule has 1 unspecified atom stereocenters. The van der Waals surface area contributed by atoms with Crippen molar-refractivity contribution in [3.8, 4) is 0 Å². The van der Waals surface area contributed by atoms with Gasteiger partial charge in [0, 0.05) is 26.1 Å². The van der Waals surface area contributed by atoms with E-state index < -0.39 is 0 Å². The number of benzene rings is 2. The molecule has 2 aromatic carbocycles. The molecule has 0 saturated carbocycles. The van der Waals surface area contributed by atoms with Crippen LogP contribution in [0.1, 0.15) is 49.4 Å². The first-order chi connectivity index (χ1) is 14.1. The molecule has 2 aromatic rings. The number of nitrogens with zero attached hydrogens (tertiary/aromatic N) is 2. The van der Waals surface area contributed by atoms with Gasteiger partial charge < -0.3 is 10.2 Å². The molecule has 3 rings (SSSR count). The Morgan fingerprint density at radius 2 is 1.55 bits per heavy atom. The van der Waals surface area contributed by atoms with Crippen molar-refractivity contribution in [2.45, 2.75) is 45.8 Å². The maximum atomic E-state index is 12.9. The molecule has 2 amide bonds. The van der Waals surface area contributed by atoms with Gasteiger partial charge >= 0.3 is 0 Å². The zero-order valence-electron chi connectivity index (χ0n) is 17.4. The molecule has 0 spiro atoms. The molecule has 1 aliphatic rings. The Bertz CT molecular complexity index is 793. The van der Waals surface area contributed by atoms with Crippen LogP contribution in [0, 0.1) is 0 Å². The molecule has 29 heavy (non-hydrogen) atoms. The number of rotatable bonds is 9. The summed E-state index contributed by atoms with van der Waals surface area (Å²) in [5.41, 5.74) is 3.47. The van der Waals surface area contributed by atoms with Gasteiger partial charge in [-0.05, 0) is 36.2 Å². The third-order valence-electron chi connectivity index (χ3n) is 5.60. The van der Waals surface area contributed by atoms with Gasteiger partial charge in [0.25, 0.3) is 0 Å². The highest BCUT2D eigenvalue weighted by Crippen LogP contribution is 2.23. The Kier molecular flexibility index (Phi) is 7.42. The van der Waals surface area contributed by atoms with Crippen molar-refractivity contribution in [1.29, 1.82) is 0 Å². The molecule has 0 radical (unpaired) electrons. The monoisotopic (exact) mass is 393 g/mol. The van der Waals surface area contributed by atoms with Crippen LogP contribution in [0.2, 0.25) is 0 Å². The SMILES string of the molecule is CCN(CC)C(C(=O)NCCCC(=O)N1Cc2ccccc2C1)c1ccccc1. The Labute approximate surface area is 173 Å². The quantitative estimate of drug-likeness (QED) is 0.664. The molecule has 1 atom stereocenters. The summed E-state index contributed by atoms with van der Waals surface area (Å²) < 4.78 is 0. The van der Waals surface area contributed by atoms with E-state index in [2.05, 4.69) is 36.2 Å². The highest BCUT2D eigenvalue weighted by Gasteiger charge is 2.26. The van der Waals surface area contributed by atoms with E-state index in [0.29, 0.717) is 32.5 Å². The summed E-state index contributed by atoms with van der Waals surface area (Å²) in [5.74, 6) is 0.153. The van der Waals surface area contributed by atoms with Crippen molar-refractivity contribution >= 4 is 11.8 Å². The van der Waals surface area contributed by atoms with Crippen LogP contribution in [-0.2, 0) is 22.7 Å². The fraction of sp³-hybridized carbons (Fsp3) is 0.417. The maximum Gasteiger partial charge on any atom is 0.241 e. The average molecular weight is 394 g/mol. The van der Waals surface area contributed by atoms with Crippen LogP contribution in [0.5, 0.6) is 0 Å². The second-order valence-corrected chi connectivity index (χ2v) is 7.45. The van der Waals surface area contributed by atoms with Crippen LogP contribution in [0.3, 0.4) is 0 Å². The predicted octanol–water partition coefficient (Wildman–Crippen LogP) is 3.51. The molecule has 1 aliphatic heterocycles. The second-order valence-electron chi connectivity index (χ2n) is 7.45. The van der Waals surface area contributed by atoms with Gasteiger partial charge in [-0.1, -0.05) is 68.4 Å². The number of fused-ring (bicyclic) bond motifs is 1. The van der Waals surface area contributed by atoms with Gasteiger partial charge in [-0.3, -0.25) is 14.5 Å². The van der Waals surface area contributed by atoms with Crippen molar-refractivity contribution in [2.24, 2.45) is 0 Å². The van der Waals surface area contributed by atoms with Crippen LogP contribution in [0.15, 0.2) is 54.6 Å². The van der Waals surface area contributed by atoms with E-state index in [1.54, 1.807) is 0 Å². The molecule has 154 valence electrons. The number of carbonyl (C=O) groups excluding carboxylic acids is 2. The van der Waals surface area contributed by atoms with Crippen LogP contribution in [-0.4, -0.2) is 41.2 Å². The molecule has 0 aromatic heterocycles. The summed E-state index contributed by atoms with van der Waals surface area (Å²) in [7, 11) is 0. The van der Waals surface area contributed by atoms with E-state index in [0.717, 1.165) is 18.7 Å². The highest BCUT2D eigenvalue weighted by molar-refractivity contribution is 5.83. The lowest BCUT2D eigenvalue weighted by atomic mass is 10.0. The molecule has 0 aliphatic carbocycles. The second kappa shape index (κ2) is 10.2. The molecular weight excluding hydrogens is 362 g/mol. The van der Waals surface area contributed by atoms with Crippen molar-refractivity contribution < 1.29 is 9.59 Å². The first-order valence-corrected chi connectivity index (χ1v) is 10.5. The van der Waals surface area contributed by atoms with Gasteiger partial charge in [-0.2, -0.15) is 0 Å². The summed E-state index contributed by atoms with van der Waals surface area (Å²) in [4.78, 5) is 29.5. The van der Waals surface area contributed by atoms with Gasteiger partial charge in [0.2, 0.25) is 11.8 Å². The van der Waals surface area contributed by atoms with Crippen LogP contribution < -0.4 is 5.32 Å². The highest BCUT2D eigenvalue weighted by atomic mass is 16.2. The Morgan fingerprint density at radius 1 is 0.966 bits per heavy atom. The molecule has 5 heteroatoms. The molecule has 1 N–H and O–H groups in total. The Morgan fingerprint density at radius 3 is 2.14 bits per heavy atom. The van der Waals surface area contributed by atoms with E-state index in [9.17, 15) is 9.59 Å². The van der Waals surface area contributed by atoms with E-state index >= 15 is 0 Å². The lowest BCUT2D eigenvalue weighted by Crippen LogP contribution is -2.41. The Hall–Kier alpha value is -2.66. The van der Waals surface area contributed by atoms with Gasteiger partial charge in [-0.15, -0.1) is 0 Å². The Balaban J connectivity index is 1.49. The number of hydrogen-bond acceptors (Lipinski definition) is 3. The maximum absolute atomic E-state index is 12.9. The minimum atomic E-state index is -0.296. The minimum absolute atomic E-state index is 0.000858. The largest absolute Gasteiger partial charge is 0.354 e. The fourth-order valence-corrected chi connectivity index (χ4v) is 3.97. The van der Waals surface area contributed by atoms with Crippen LogP contribution >= 0.6 is 0 Å². The molecule has 5 nitrogen and oxygen atoms in total. The number of hydrogen-bond donors (Lipinski definition) is 1. The lowest BCUT2D eigenvalue weighted by molar-refractivity contribution is -0.132. The van der Waals surface area contributed by atoms with Crippen LogP contribution in [0.25, 0.3) is 0 Å². The molecule has 0 bridgehead atoms. The van der Waals surface area contributed by atoms with Gasteiger partial charge in [0.05, 0.1) is 0 Å². The summed E-state index contributed by atoms with van der Waals surface area (Å²) in [5, 5.41) is 3.04. The molecular formula is C24H31N3O2. The van der Waals surface area contributed by atoms with E-state index in [1.165, 1.54) is 11.1 Å². The number of nitrogens with one attached hydrogen (secondary N) is 1. The zero-order chi connectivity index (χ0) is 20.6. The third kappa shape index (κ3) is 5.24. The summed E-state index contributed by atoms with van der Waals surface area (Å²) >= 11 is 0. The van der Waals surface area contributed by atoms with E-state index in [-0.39, 0.29) is 17.9 Å². The smallest absolute Gasteiger partial charge is 0.241 e. The predicted molar refractivity (Wildman–Crippen MR) is 115 cm³/mol.